The van der Waals surface area contributed by atoms with Gasteiger partial charge < -0.3 is 5.32 Å². The van der Waals surface area contributed by atoms with Crippen LogP contribution in [0.15, 0.2) is 42.5 Å². The van der Waals surface area contributed by atoms with E-state index < -0.39 is 10.7 Å². The van der Waals surface area contributed by atoms with E-state index in [2.05, 4.69) is 21.6 Å². The van der Waals surface area contributed by atoms with Crippen molar-refractivity contribution >= 4 is 27.3 Å². The Morgan fingerprint density at radius 2 is 1.77 bits per heavy atom. The molecule has 0 spiro atoms. The van der Waals surface area contributed by atoms with E-state index in [1.807, 2.05) is 44.2 Å². The molecule has 0 saturated carbocycles. The number of nitrogens with zero attached hydrogens (tertiary/aromatic N) is 3. The minimum absolute atomic E-state index is 0.0416. The van der Waals surface area contributed by atoms with Crippen LogP contribution in [0, 0.1) is 11.3 Å². The van der Waals surface area contributed by atoms with Crippen molar-refractivity contribution in [1.82, 2.24) is 10.2 Å². The molecule has 0 radical (unpaired) electrons. The summed E-state index contributed by atoms with van der Waals surface area (Å²) in [4.78, 5) is 0. The van der Waals surface area contributed by atoms with Crippen molar-refractivity contribution in [1.29, 1.82) is 5.26 Å². The van der Waals surface area contributed by atoms with E-state index in [9.17, 15) is 13.7 Å². The van der Waals surface area contributed by atoms with E-state index in [0.29, 0.717) is 11.2 Å². The fraction of sp³-hybridized carbons (Fsp3) is 0.211. The van der Waals surface area contributed by atoms with Gasteiger partial charge in [0.05, 0.1) is 17.0 Å². The molecular formula is C19H18N4O2S. The molecule has 2 aromatic carbocycles. The highest BCUT2D eigenvalue weighted by Crippen LogP contribution is 2.29. The van der Waals surface area contributed by atoms with Crippen LogP contribution in [0.5, 0.6) is 0 Å². The molecule has 0 atom stereocenters. The fourth-order valence-corrected chi connectivity index (χ4v) is 3.26. The van der Waals surface area contributed by atoms with Gasteiger partial charge in [-0.15, -0.1) is 10.2 Å². The van der Waals surface area contributed by atoms with Gasteiger partial charge in [0.25, 0.3) is 0 Å². The molecule has 3 rings (SSSR count). The molecule has 26 heavy (non-hydrogen) atoms. The summed E-state index contributed by atoms with van der Waals surface area (Å²) in [6.45, 7) is 4.00. The Labute approximate surface area is 153 Å². The number of thiol groups is 1. The van der Waals surface area contributed by atoms with Crippen LogP contribution in [0.4, 0.5) is 5.69 Å². The van der Waals surface area contributed by atoms with Gasteiger partial charge in [0.2, 0.25) is 0 Å². The smallest absolute Gasteiger partial charge is 0.186 e. The molecule has 132 valence electrons. The second-order valence-electron chi connectivity index (χ2n) is 6.25. The second kappa shape index (κ2) is 7.50. The summed E-state index contributed by atoms with van der Waals surface area (Å²) < 4.78 is 21.6. The molecule has 0 amide bonds. The van der Waals surface area contributed by atoms with Crippen LogP contribution < -0.4 is 5.32 Å². The molecule has 3 aromatic rings. The first-order valence-electron chi connectivity index (χ1n) is 8.16. The van der Waals surface area contributed by atoms with Crippen molar-refractivity contribution in [2.75, 3.05) is 5.32 Å². The Bertz CT molecular complexity index is 1060. The van der Waals surface area contributed by atoms with Crippen LogP contribution in [-0.4, -0.2) is 24.7 Å². The van der Waals surface area contributed by atoms with Gasteiger partial charge in [-0.2, -0.15) is 5.26 Å². The Kier molecular flexibility index (Phi) is 5.14. The Morgan fingerprint density at radius 1 is 1.08 bits per heavy atom. The monoisotopic (exact) mass is 366 g/mol. The predicted octanol–water partition coefficient (Wildman–Crippen LogP) is 3.10. The van der Waals surface area contributed by atoms with Crippen molar-refractivity contribution < 1.29 is 8.42 Å². The number of aromatic nitrogens is 2. The van der Waals surface area contributed by atoms with Gasteiger partial charge in [-0.05, 0) is 42.7 Å². The highest BCUT2D eigenvalue weighted by Gasteiger charge is 2.12. The lowest BCUT2D eigenvalue weighted by Gasteiger charge is -2.14. The van der Waals surface area contributed by atoms with Gasteiger partial charge in [-0.25, -0.2) is 8.42 Å². The zero-order chi connectivity index (χ0) is 18.7. The van der Waals surface area contributed by atoms with Gasteiger partial charge in [0.1, 0.15) is 16.8 Å². The first-order chi connectivity index (χ1) is 12.5. The van der Waals surface area contributed by atoms with Crippen LogP contribution >= 0.6 is 0 Å². The highest BCUT2D eigenvalue weighted by molar-refractivity contribution is 7.71. The van der Waals surface area contributed by atoms with Crippen molar-refractivity contribution in [3.63, 3.8) is 0 Å². The van der Waals surface area contributed by atoms with Gasteiger partial charge >= 0.3 is 0 Å². The highest BCUT2D eigenvalue weighted by atomic mass is 32.2. The molecule has 0 unspecified atom stereocenters. The molecule has 0 aliphatic rings. The Hall–Kier alpha value is -2.98. The SMILES string of the molecule is CC(C)Nc1c(C#N)nnc2cc(-c3ccc(C[SH](=O)=O)cc3)ccc12. The molecule has 0 aliphatic heterocycles. The van der Waals surface area contributed by atoms with Gasteiger partial charge in [-0.3, -0.25) is 0 Å². The van der Waals surface area contributed by atoms with E-state index in [1.54, 1.807) is 12.1 Å². The molecule has 1 heterocycles. The second-order valence-corrected chi connectivity index (χ2v) is 7.24. The van der Waals surface area contributed by atoms with Gasteiger partial charge in [0, 0.05) is 11.4 Å². The maximum absolute atomic E-state index is 10.8. The standard InChI is InChI=1S/C19H18N4O2S/c1-12(2)21-19-16-8-7-15(9-17(16)22-23-18(19)10-20)14-5-3-13(4-6-14)11-26(24)25/h3-9,12,26H,11H2,1-2H3,(H,21,22). The zero-order valence-corrected chi connectivity index (χ0v) is 15.3. The first-order valence-corrected chi connectivity index (χ1v) is 9.52. The number of nitrogens with one attached hydrogen (secondary N) is 1. The molecule has 0 bridgehead atoms. The molecule has 0 aliphatic carbocycles. The number of hydrogen-bond donors (Lipinski definition) is 2. The minimum atomic E-state index is -2.43. The van der Waals surface area contributed by atoms with E-state index in [4.69, 9.17) is 0 Å². The zero-order valence-electron chi connectivity index (χ0n) is 14.4. The van der Waals surface area contributed by atoms with Crippen LogP contribution in [0.3, 0.4) is 0 Å². The maximum atomic E-state index is 10.8. The largest absolute Gasteiger partial charge is 0.380 e. The lowest BCUT2D eigenvalue weighted by Crippen LogP contribution is -2.12. The summed E-state index contributed by atoms with van der Waals surface area (Å²) in [5, 5.41) is 21.6. The molecular weight excluding hydrogens is 348 g/mol. The van der Waals surface area contributed by atoms with Gasteiger partial charge in [-0.1, -0.05) is 30.3 Å². The fourth-order valence-electron chi connectivity index (χ4n) is 2.75. The molecule has 6 nitrogen and oxygen atoms in total. The average molecular weight is 366 g/mol. The van der Waals surface area contributed by atoms with Crippen molar-refractivity contribution in [2.45, 2.75) is 25.6 Å². The van der Waals surface area contributed by atoms with Crippen LogP contribution in [0.1, 0.15) is 25.1 Å². The number of rotatable bonds is 5. The summed E-state index contributed by atoms with van der Waals surface area (Å²) in [7, 11) is -2.43. The first kappa shape index (κ1) is 17.8. The maximum Gasteiger partial charge on any atom is 0.186 e. The Balaban J connectivity index is 2.03. The van der Waals surface area contributed by atoms with Crippen LogP contribution in [0.25, 0.3) is 22.0 Å². The molecule has 1 N–H and O–H groups in total. The quantitative estimate of drug-likeness (QED) is 0.674. The third kappa shape index (κ3) is 3.81. The lowest BCUT2D eigenvalue weighted by atomic mass is 10.0. The normalized spacial score (nSPS) is 11.0. The number of hydrogen-bond acceptors (Lipinski definition) is 6. The number of anilines is 1. The van der Waals surface area contributed by atoms with Crippen molar-refractivity contribution in [3.8, 4) is 17.2 Å². The summed E-state index contributed by atoms with van der Waals surface area (Å²) in [5.74, 6) is 0.0416. The lowest BCUT2D eigenvalue weighted by molar-refractivity contribution is 0.614. The Morgan fingerprint density at radius 3 is 2.38 bits per heavy atom. The van der Waals surface area contributed by atoms with Crippen LogP contribution in [0.2, 0.25) is 0 Å². The molecule has 7 heteroatoms. The van der Waals surface area contributed by atoms with E-state index >= 15 is 0 Å². The minimum Gasteiger partial charge on any atom is -0.380 e. The third-order valence-electron chi connectivity index (χ3n) is 3.90. The van der Waals surface area contributed by atoms with E-state index in [1.165, 1.54) is 0 Å². The van der Waals surface area contributed by atoms with Gasteiger partial charge in [0.15, 0.2) is 5.69 Å². The average Bonchev–Trinajstić information content (AvgIpc) is 2.61. The summed E-state index contributed by atoms with van der Waals surface area (Å²) in [6, 6.07) is 15.4. The summed E-state index contributed by atoms with van der Waals surface area (Å²) in [5.41, 5.74) is 4.32. The molecule has 1 aromatic heterocycles. The molecule has 0 saturated heterocycles. The third-order valence-corrected chi connectivity index (χ3v) is 4.52. The van der Waals surface area contributed by atoms with Crippen molar-refractivity contribution in [2.24, 2.45) is 0 Å². The molecule has 0 fully saturated rings. The van der Waals surface area contributed by atoms with E-state index in [0.717, 1.165) is 22.1 Å². The van der Waals surface area contributed by atoms with E-state index in [-0.39, 0.29) is 17.5 Å². The number of benzene rings is 2. The summed E-state index contributed by atoms with van der Waals surface area (Å²) >= 11 is 0. The number of nitriles is 1. The summed E-state index contributed by atoms with van der Waals surface area (Å²) in [6.07, 6.45) is 0. The van der Waals surface area contributed by atoms with Crippen LogP contribution in [-0.2, 0) is 16.5 Å². The predicted molar refractivity (Wildman–Crippen MR) is 102 cm³/mol. The van der Waals surface area contributed by atoms with Crippen molar-refractivity contribution in [3.05, 3.63) is 53.7 Å². The number of fused-ring (bicyclic) bond motifs is 1. The topological polar surface area (TPSA) is 95.7 Å².